The standard InChI is InChI=1S/C14H12F3NO3/c15-9-3-6(4-10(16)12(9)17)13-8(14(20)21)5-11(19)18(13)7-1-2-7/h3-4,7-8,13H,1-2,5H2,(H,20,21). The molecule has 2 fully saturated rings. The Hall–Kier alpha value is -2.05. The minimum atomic E-state index is -1.60. The highest BCUT2D eigenvalue weighted by Gasteiger charge is 2.50. The number of amides is 1. The Balaban J connectivity index is 2.06. The Labute approximate surface area is 118 Å². The maximum atomic E-state index is 13.4. The Morgan fingerprint density at radius 2 is 1.76 bits per heavy atom. The lowest BCUT2D eigenvalue weighted by Crippen LogP contribution is -2.32. The number of halogens is 3. The average molecular weight is 299 g/mol. The Kier molecular flexibility index (Phi) is 3.15. The molecule has 1 aromatic rings. The van der Waals surface area contributed by atoms with Crippen molar-refractivity contribution < 1.29 is 27.9 Å². The van der Waals surface area contributed by atoms with Crippen molar-refractivity contribution in [3.05, 3.63) is 35.1 Å². The van der Waals surface area contributed by atoms with E-state index in [0.717, 1.165) is 25.0 Å². The van der Waals surface area contributed by atoms with Crippen LogP contribution in [0, 0.1) is 23.4 Å². The first-order valence-electron chi connectivity index (χ1n) is 6.58. The second kappa shape index (κ2) is 4.75. The molecule has 2 aliphatic rings. The van der Waals surface area contributed by atoms with Crippen molar-refractivity contribution in [1.29, 1.82) is 0 Å². The van der Waals surface area contributed by atoms with Crippen molar-refractivity contribution in [1.82, 2.24) is 4.90 Å². The van der Waals surface area contributed by atoms with Gasteiger partial charge in [0.1, 0.15) is 0 Å². The summed E-state index contributed by atoms with van der Waals surface area (Å²) in [5.74, 6) is -7.01. The summed E-state index contributed by atoms with van der Waals surface area (Å²) in [5, 5.41) is 9.24. The van der Waals surface area contributed by atoms with E-state index in [-0.39, 0.29) is 23.9 Å². The monoisotopic (exact) mass is 299 g/mol. The van der Waals surface area contributed by atoms with Gasteiger partial charge >= 0.3 is 5.97 Å². The van der Waals surface area contributed by atoms with E-state index in [1.807, 2.05) is 0 Å². The number of carbonyl (C=O) groups excluding carboxylic acids is 1. The van der Waals surface area contributed by atoms with Crippen LogP contribution in [-0.2, 0) is 9.59 Å². The van der Waals surface area contributed by atoms with Crippen molar-refractivity contribution in [2.75, 3.05) is 0 Å². The van der Waals surface area contributed by atoms with E-state index in [1.54, 1.807) is 0 Å². The lowest BCUT2D eigenvalue weighted by atomic mass is 9.93. The highest BCUT2D eigenvalue weighted by atomic mass is 19.2. The maximum absolute atomic E-state index is 13.4. The zero-order valence-electron chi connectivity index (χ0n) is 10.9. The van der Waals surface area contributed by atoms with E-state index in [4.69, 9.17) is 0 Å². The lowest BCUT2D eigenvalue weighted by molar-refractivity contribution is -0.142. The van der Waals surface area contributed by atoms with Gasteiger partial charge in [-0.25, -0.2) is 13.2 Å². The molecule has 1 N–H and O–H groups in total. The zero-order valence-corrected chi connectivity index (χ0v) is 10.9. The van der Waals surface area contributed by atoms with E-state index in [2.05, 4.69) is 0 Å². The minimum absolute atomic E-state index is 0.0171. The van der Waals surface area contributed by atoms with Crippen LogP contribution in [0.15, 0.2) is 12.1 Å². The summed E-state index contributed by atoms with van der Waals surface area (Å²) in [6.45, 7) is 0. The third kappa shape index (κ3) is 2.26. The fourth-order valence-corrected chi connectivity index (χ4v) is 2.90. The second-order valence-corrected chi connectivity index (χ2v) is 5.42. The van der Waals surface area contributed by atoms with Gasteiger partial charge in [0.05, 0.1) is 12.0 Å². The lowest BCUT2D eigenvalue weighted by Gasteiger charge is -2.27. The van der Waals surface area contributed by atoms with Gasteiger partial charge in [-0.1, -0.05) is 0 Å². The van der Waals surface area contributed by atoms with Crippen molar-refractivity contribution >= 4 is 11.9 Å². The first-order chi connectivity index (χ1) is 9.90. The molecule has 1 aromatic carbocycles. The number of carbonyl (C=O) groups is 2. The van der Waals surface area contributed by atoms with Crippen LogP contribution < -0.4 is 0 Å². The zero-order chi connectivity index (χ0) is 15.3. The first-order valence-corrected chi connectivity index (χ1v) is 6.58. The fourth-order valence-electron chi connectivity index (χ4n) is 2.90. The third-order valence-corrected chi connectivity index (χ3v) is 3.97. The number of carboxylic acid groups (broad SMARTS) is 1. The summed E-state index contributed by atoms with van der Waals surface area (Å²) in [6.07, 6.45) is 1.26. The van der Waals surface area contributed by atoms with Gasteiger partial charge in [-0.05, 0) is 30.5 Å². The van der Waals surface area contributed by atoms with Gasteiger partial charge in [0.25, 0.3) is 0 Å². The number of likely N-dealkylation sites (tertiary alicyclic amines) is 1. The molecule has 1 saturated carbocycles. The van der Waals surface area contributed by atoms with E-state index in [1.165, 1.54) is 4.90 Å². The molecule has 112 valence electrons. The van der Waals surface area contributed by atoms with Crippen LogP contribution in [0.5, 0.6) is 0 Å². The van der Waals surface area contributed by atoms with Gasteiger partial charge in [-0.2, -0.15) is 0 Å². The number of nitrogens with zero attached hydrogens (tertiary/aromatic N) is 1. The van der Waals surface area contributed by atoms with Gasteiger partial charge in [0.15, 0.2) is 17.5 Å². The molecule has 0 bridgehead atoms. The normalized spacial score (nSPS) is 25.5. The number of aliphatic carboxylic acids is 1. The molecule has 1 aliphatic heterocycles. The van der Waals surface area contributed by atoms with Crippen molar-refractivity contribution in [3.63, 3.8) is 0 Å². The molecule has 1 heterocycles. The average Bonchev–Trinajstić information content (AvgIpc) is 3.18. The molecule has 1 amide bonds. The molecule has 2 atom stereocenters. The van der Waals surface area contributed by atoms with Crippen LogP contribution in [0.3, 0.4) is 0 Å². The molecular formula is C14H12F3NO3. The highest BCUT2D eigenvalue weighted by molar-refractivity contribution is 5.87. The van der Waals surface area contributed by atoms with Gasteiger partial charge in [-0.15, -0.1) is 0 Å². The molecule has 2 unspecified atom stereocenters. The van der Waals surface area contributed by atoms with Crippen LogP contribution in [0.2, 0.25) is 0 Å². The van der Waals surface area contributed by atoms with Crippen molar-refractivity contribution in [2.45, 2.75) is 31.3 Å². The molecular weight excluding hydrogens is 287 g/mol. The maximum Gasteiger partial charge on any atom is 0.309 e. The molecule has 7 heteroatoms. The highest BCUT2D eigenvalue weighted by Crippen LogP contribution is 2.45. The first kappa shape index (κ1) is 13.9. The Bertz CT molecular complexity index is 607. The third-order valence-electron chi connectivity index (χ3n) is 3.97. The predicted octanol–water partition coefficient (Wildman–Crippen LogP) is 2.24. The molecule has 4 nitrogen and oxygen atoms in total. The summed E-state index contributed by atoms with van der Waals surface area (Å²) in [4.78, 5) is 24.7. The molecule has 1 aliphatic carbocycles. The van der Waals surface area contributed by atoms with E-state index < -0.39 is 35.4 Å². The Morgan fingerprint density at radius 1 is 1.19 bits per heavy atom. The fraction of sp³-hybridized carbons (Fsp3) is 0.429. The number of hydrogen-bond acceptors (Lipinski definition) is 2. The van der Waals surface area contributed by atoms with Crippen molar-refractivity contribution in [2.24, 2.45) is 5.92 Å². The van der Waals surface area contributed by atoms with E-state index in [0.29, 0.717) is 0 Å². The van der Waals surface area contributed by atoms with Crippen LogP contribution in [0.4, 0.5) is 13.2 Å². The van der Waals surface area contributed by atoms with Gasteiger partial charge in [0.2, 0.25) is 5.91 Å². The van der Waals surface area contributed by atoms with Crippen LogP contribution in [0.25, 0.3) is 0 Å². The summed E-state index contributed by atoms with van der Waals surface area (Å²) in [6, 6.07) is 0.495. The summed E-state index contributed by atoms with van der Waals surface area (Å²) in [7, 11) is 0. The number of rotatable bonds is 3. The number of hydrogen-bond donors (Lipinski definition) is 1. The predicted molar refractivity (Wildman–Crippen MR) is 64.7 cm³/mol. The largest absolute Gasteiger partial charge is 0.481 e. The molecule has 0 aromatic heterocycles. The van der Waals surface area contributed by atoms with E-state index in [9.17, 15) is 27.9 Å². The molecule has 21 heavy (non-hydrogen) atoms. The van der Waals surface area contributed by atoms with Crippen LogP contribution in [0.1, 0.15) is 30.9 Å². The Morgan fingerprint density at radius 3 is 2.24 bits per heavy atom. The SMILES string of the molecule is O=C(O)C1CC(=O)N(C2CC2)C1c1cc(F)c(F)c(F)c1. The second-order valence-electron chi connectivity index (χ2n) is 5.42. The molecule has 0 spiro atoms. The van der Waals surface area contributed by atoms with Gasteiger partial charge < -0.3 is 10.0 Å². The summed E-state index contributed by atoms with van der Waals surface area (Å²) < 4.78 is 39.8. The number of benzene rings is 1. The molecule has 1 saturated heterocycles. The quantitative estimate of drug-likeness (QED) is 0.871. The van der Waals surface area contributed by atoms with Crippen LogP contribution in [-0.4, -0.2) is 27.9 Å². The van der Waals surface area contributed by atoms with Gasteiger partial charge in [0, 0.05) is 12.5 Å². The van der Waals surface area contributed by atoms with E-state index >= 15 is 0 Å². The molecule has 3 rings (SSSR count). The smallest absolute Gasteiger partial charge is 0.309 e. The minimum Gasteiger partial charge on any atom is -0.481 e. The van der Waals surface area contributed by atoms with Gasteiger partial charge in [-0.3, -0.25) is 9.59 Å². The summed E-state index contributed by atoms with van der Waals surface area (Å²) in [5.41, 5.74) is -0.0171. The van der Waals surface area contributed by atoms with Crippen LogP contribution >= 0.6 is 0 Å². The van der Waals surface area contributed by atoms with Crippen molar-refractivity contribution in [3.8, 4) is 0 Å². The number of carboxylic acids is 1. The topological polar surface area (TPSA) is 57.6 Å². The molecule has 0 radical (unpaired) electrons. The summed E-state index contributed by atoms with van der Waals surface area (Å²) >= 11 is 0.